The number of unbranched alkanes of at least 4 members (excludes halogenated alkanes) is 8. The molecule has 34 heavy (non-hydrogen) atoms. The van der Waals surface area contributed by atoms with Crippen LogP contribution in [0.5, 0.6) is 0 Å². The minimum Gasteiger partial charge on any atom is -0.454 e. The van der Waals surface area contributed by atoms with Gasteiger partial charge in [0.1, 0.15) is 18.3 Å². The maximum absolute atomic E-state index is 12.3. The zero-order valence-corrected chi connectivity index (χ0v) is 20.7. The molecule has 1 saturated heterocycles. The molecular weight excluding hydrogens is 440 g/mol. The van der Waals surface area contributed by atoms with Crippen molar-refractivity contribution < 1.29 is 39.4 Å². The van der Waals surface area contributed by atoms with E-state index < -0.39 is 43.3 Å². The first-order valence-corrected chi connectivity index (χ1v) is 12.9. The van der Waals surface area contributed by atoms with Crippen molar-refractivity contribution in [1.29, 1.82) is 0 Å². The van der Waals surface area contributed by atoms with Crippen LogP contribution in [0, 0.1) is 0 Å². The van der Waals surface area contributed by atoms with Gasteiger partial charge in [-0.1, -0.05) is 63.3 Å². The lowest BCUT2D eigenvalue weighted by Crippen LogP contribution is -2.52. The third-order valence-electron chi connectivity index (χ3n) is 5.78. The topological polar surface area (TPSA) is 126 Å². The largest absolute Gasteiger partial charge is 0.454 e. The molecule has 1 rings (SSSR count). The van der Waals surface area contributed by atoms with Crippen LogP contribution in [0.25, 0.3) is 0 Å². The number of aliphatic hydroxyl groups excluding tert-OH is 4. The van der Waals surface area contributed by atoms with Crippen LogP contribution in [0.3, 0.4) is 0 Å². The molecule has 4 N–H and O–H groups in total. The van der Waals surface area contributed by atoms with Crippen LogP contribution in [-0.2, 0) is 19.0 Å². The average Bonchev–Trinajstić information content (AvgIpc) is 3.38. The molecular formula is C26H46O8. The highest BCUT2D eigenvalue weighted by atomic mass is 16.7. The molecule has 0 bridgehead atoms. The second-order valence-electron chi connectivity index (χ2n) is 8.78. The predicted octanol–water partition coefficient (Wildman–Crippen LogP) is 3.16. The molecule has 8 nitrogen and oxygen atoms in total. The number of carbonyl (C=O) groups is 1. The molecule has 0 aromatic heterocycles. The van der Waals surface area contributed by atoms with Gasteiger partial charge in [0.15, 0.2) is 12.4 Å². The molecule has 198 valence electrons. The molecule has 0 aliphatic carbocycles. The van der Waals surface area contributed by atoms with Crippen molar-refractivity contribution in [2.45, 2.75) is 115 Å². The Morgan fingerprint density at radius 3 is 2.09 bits per heavy atom. The van der Waals surface area contributed by atoms with E-state index in [1.807, 2.05) is 0 Å². The summed E-state index contributed by atoms with van der Waals surface area (Å²) in [4.78, 5) is 12.3. The number of carbonyl (C=O) groups excluding carboxylic acids is 1. The summed E-state index contributed by atoms with van der Waals surface area (Å²) in [5.74, 6) is -0.528. The van der Waals surface area contributed by atoms with Crippen LogP contribution < -0.4 is 0 Å². The van der Waals surface area contributed by atoms with E-state index in [1.165, 1.54) is 25.7 Å². The summed E-state index contributed by atoms with van der Waals surface area (Å²) in [6.07, 6.45) is 13.8. The monoisotopic (exact) mass is 486 g/mol. The number of aliphatic hydroxyl groups is 4. The molecule has 0 spiro atoms. The molecule has 0 aromatic rings. The SMILES string of the molecule is CCCCC/C=C\C/C=C\CCCCCCCC(=O)O[C@@H](C1OCCO1)[C@@H](O)[C@@H](O)[C@H](O)CO. The van der Waals surface area contributed by atoms with Gasteiger partial charge in [0.2, 0.25) is 0 Å². The first-order valence-electron chi connectivity index (χ1n) is 12.9. The van der Waals surface area contributed by atoms with Crippen molar-refractivity contribution in [2.75, 3.05) is 19.8 Å². The van der Waals surface area contributed by atoms with Crippen LogP contribution in [0.2, 0.25) is 0 Å². The Bertz CT molecular complexity index is 559. The number of hydrogen-bond acceptors (Lipinski definition) is 8. The summed E-state index contributed by atoms with van der Waals surface area (Å²) in [6.45, 7) is 2.02. The van der Waals surface area contributed by atoms with Gasteiger partial charge < -0.3 is 34.6 Å². The van der Waals surface area contributed by atoms with Crippen molar-refractivity contribution in [3.63, 3.8) is 0 Å². The fourth-order valence-corrected chi connectivity index (χ4v) is 3.67. The fraction of sp³-hybridized carbons (Fsp3) is 0.808. The molecule has 1 aliphatic heterocycles. The minimum absolute atomic E-state index is 0.180. The van der Waals surface area contributed by atoms with Gasteiger partial charge in [0.05, 0.1) is 19.8 Å². The second-order valence-corrected chi connectivity index (χ2v) is 8.78. The van der Waals surface area contributed by atoms with E-state index in [9.17, 15) is 20.1 Å². The third-order valence-corrected chi connectivity index (χ3v) is 5.78. The first kappa shape index (κ1) is 30.7. The van der Waals surface area contributed by atoms with Gasteiger partial charge in [-0.05, 0) is 38.5 Å². The van der Waals surface area contributed by atoms with Gasteiger partial charge in [-0.3, -0.25) is 4.79 Å². The second kappa shape index (κ2) is 20.0. The quantitative estimate of drug-likeness (QED) is 0.117. The van der Waals surface area contributed by atoms with E-state index in [0.29, 0.717) is 6.42 Å². The van der Waals surface area contributed by atoms with Crippen LogP contribution in [-0.4, -0.2) is 76.9 Å². The highest BCUT2D eigenvalue weighted by Gasteiger charge is 2.41. The lowest BCUT2D eigenvalue weighted by atomic mass is 10.0. The number of ether oxygens (including phenoxy) is 3. The van der Waals surface area contributed by atoms with E-state index >= 15 is 0 Å². The molecule has 0 unspecified atom stereocenters. The van der Waals surface area contributed by atoms with E-state index in [0.717, 1.165) is 38.5 Å². The van der Waals surface area contributed by atoms with Crippen LogP contribution >= 0.6 is 0 Å². The molecule has 0 amide bonds. The molecule has 1 fully saturated rings. The van der Waals surface area contributed by atoms with Crippen molar-refractivity contribution >= 4 is 5.97 Å². The van der Waals surface area contributed by atoms with Crippen molar-refractivity contribution in [3.8, 4) is 0 Å². The smallest absolute Gasteiger partial charge is 0.306 e. The molecule has 1 aliphatic rings. The Labute approximate surface area is 204 Å². The maximum atomic E-state index is 12.3. The van der Waals surface area contributed by atoms with Crippen LogP contribution in [0.1, 0.15) is 84.0 Å². The van der Waals surface area contributed by atoms with Gasteiger partial charge in [-0.25, -0.2) is 0 Å². The van der Waals surface area contributed by atoms with E-state index in [4.69, 9.17) is 19.3 Å². The third kappa shape index (κ3) is 13.6. The van der Waals surface area contributed by atoms with Crippen molar-refractivity contribution in [2.24, 2.45) is 0 Å². The number of rotatable bonds is 20. The zero-order chi connectivity index (χ0) is 25.0. The summed E-state index contributed by atoms with van der Waals surface area (Å²) in [6, 6.07) is 0. The number of hydrogen-bond donors (Lipinski definition) is 4. The molecule has 8 heteroatoms. The highest BCUT2D eigenvalue weighted by molar-refractivity contribution is 5.69. The number of allylic oxidation sites excluding steroid dienone is 4. The number of esters is 1. The Morgan fingerprint density at radius 2 is 1.47 bits per heavy atom. The van der Waals surface area contributed by atoms with E-state index in [-0.39, 0.29) is 19.6 Å². The van der Waals surface area contributed by atoms with E-state index in [1.54, 1.807) is 0 Å². The van der Waals surface area contributed by atoms with Crippen LogP contribution in [0.4, 0.5) is 0 Å². The first-order chi connectivity index (χ1) is 16.5. The average molecular weight is 487 g/mol. The van der Waals surface area contributed by atoms with Gasteiger partial charge in [0, 0.05) is 6.42 Å². The Hall–Kier alpha value is -1.29. The Kier molecular flexibility index (Phi) is 18.0. The summed E-state index contributed by atoms with van der Waals surface area (Å²) in [5, 5.41) is 38.9. The molecule has 0 aromatic carbocycles. The standard InChI is InChI=1S/C26H46O8/c1-2-3-4-5-6-7-8-9-10-11-12-13-14-15-16-17-22(29)34-25(26-32-18-19-33-26)24(31)23(30)21(28)20-27/h6-7,9-10,21,23-28,30-31H,2-5,8,11-20H2,1H3/b7-6-,10-9-/t21-,23+,24+,25-/m1/s1. The van der Waals surface area contributed by atoms with Gasteiger partial charge >= 0.3 is 5.97 Å². The van der Waals surface area contributed by atoms with Gasteiger partial charge in [0.25, 0.3) is 0 Å². The van der Waals surface area contributed by atoms with Crippen molar-refractivity contribution in [1.82, 2.24) is 0 Å². The molecule has 1 heterocycles. The molecule has 0 saturated carbocycles. The van der Waals surface area contributed by atoms with Crippen LogP contribution in [0.15, 0.2) is 24.3 Å². The lowest BCUT2D eigenvalue weighted by molar-refractivity contribution is -0.210. The zero-order valence-electron chi connectivity index (χ0n) is 20.7. The summed E-state index contributed by atoms with van der Waals surface area (Å²) in [5.41, 5.74) is 0. The van der Waals surface area contributed by atoms with Crippen molar-refractivity contribution in [3.05, 3.63) is 24.3 Å². The summed E-state index contributed by atoms with van der Waals surface area (Å²) in [7, 11) is 0. The fourth-order valence-electron chi connectivity index (χ4n) is 3.67. The maximum Gasteiger partial charge on any atom is 0.306 e. The Balaban J connectivity index is 2.17. The predicted molar refractivity (Wildman–Crippen MR) is 130 cm³/mol. The summed E-state index contributed by atoms with van der Waals surface area (Å²) >= 11 is 0. The Morgan fingerprint density at radius 1 is 0.882 bits per heavy atom. The normalized spacial score (nSPS) is 18.5. The molecule has 4 atom stereocenters. The lowest BCUT2D eigenvalue weighted by Gasteiger charge is -2.31. The van der Waals surface area contributed by atoms with Gasteiger partial charge in [-0.15, -0.1) is 0 Å². The van der Waals surface area contributed by atoms with E-state index in [2.05, 4.69) is 31.2 Å². The minimum atomic E-state index is -1.70. The summed E-state index contributed by atoms with van der Waals surface area (Å²) < 4.78 is 15.9. The highest BCUT2D eigenvalue weighted by Crippen LogP contribution is 2.20. The van der Waals surface area contributed by atoms with Gasteiger partial charge in [-0.2, -0.15) is 0 Å². The molecule has 0 radical (unpaired) electrons.